The van der Waals surface area contributed by atoms with Crippen molar-refractivity contribution >= 4 is 17.9 Å². The minimum Gasteiger partial charge on any atom is -0.493 e. The lowest BCUT2D eigenvalue weighted by Gasteiger charge is -2.13. The summed E-state index contributed by atoms with van der Waals surface area (Å²) in [4.78, 5) is 1.28. The first-order valence-corrected chi connectivity index (χ1v) is 7.70. The van der Waals surface area contributed by atoms with Crippen molar-refractivity contribution in [2.75, 3.05) is 26.6 Å². The van der Waals surface area contributed by atoms with Crippen LogP contribution in [0.5, 0.6) is 17.2 Å². The number of tetrazole rings is 1. The van der Waals surface area contributed by atoms with Crippen LogP contribution in [0, 0.1) is 0 Å². The highest BCUT2D eigenvalue weighted by molar-refractivity contribution is 5.86. The van der Waals surface area contributed by atoms with Gasteiger partial charge in [-0.3, -0.25) is 0 Å². The monoisotopic (exact) mass is 354 g/mol. The van der Waals surface area contributed by atoms with Gasteiger partial charge in [0.1, 0.15) is 0 Å². The highest BCUT2D eigenvalue weighted by Crippen LogP contribution is 2.39. The Labute approximate surface area is 150 Å². The predicted molar refractivity (Wildman–Crippen MR) is 96.6 cm³/mol. The summed E-state index contributed by atoms with van der Waals surface area (Å²) in [5.41, 5.74) is 1.54. The summed E-state index contributed by atoms with van der Waals surface area (Å²) in [6.45, 7) is 0. The zero-order valence-corrected chi connectivity index (χ0v) is 14.6. The zero-order chi connectivity index (χ0) is 18.4. The third-order valence-corrected chi connectivity index (χ3v) is 3.52. The number of ether oxygens (including phenoxy) is 3. The van der Waals surface area contributed by atoms with E-state index in [9.17, 15) is 0 Å². The molecule has 0 saturated carbocycles. The lowest BCUT2D eigenvalue weighted by Crippen LogP contribution is -2.02. The molecule has 0 bridgehead atoms. The van der Waals surface area contributed by atoms with Crippen molar-refractivity contribution in [3.05, 3.63) is 48.0 Å². The number of nitrogens with one attached hydrogen (secondary N) is 1. The largest absolute Gasteiger partial charge is 0.493 e. The Morgan fingerprint density at radius 2 is 1.73 bits per heavy atom. The van der Waals surface area contributed by atoms with E-state index in [-0.39, 0.29) is 0 Å². The molecule has 0 fully saturated rings. The quantitative estimate of drug-likeness (QED) is 0.651. The molecule has 0 amide bonds. The number of anilines is 2. The molecular weight excluding hydrogens is 336 g/mol. The topological polar surface area (TPSA) is 95.7 Å². The third kappa shape index (κ3) is 3.56. The molecule has 3 rings (SSSR count). The zero-order valence-electron chi connectivity index (χ0n) is 14.6. The number of hydrogen-bond donors (Lipinski definition) is 1. The van der Waals surface area contributed by atoms with E-state index in [4.69, 9.17) is 14.2 Å². The first-order chi connectivity index (χ1) is 12.8. The average Bonchev–Trinajstić information content (AvgIpc) is 3.13. The molecule has 9 heteroatoms. The van der Waals surface area contributed by atoms with Gasteiger partial charge in [0.05, 0.1) is 27.5 Å². The van der Waals surface area contributed by atoms with Crippen LogP contribution in [0.2, 0.25) is 0 Å². The van der Waals surface area contributed by atoms with E-state index in [2.05, 4.69) is 25.9 Å². The second-order valence-electron chi connectivity index (χ2n) is 5.05. The van der Waals surface area contributed by atoms with Gasteiger partial charge in [0.15, 0.2) is 11.5 Å². The Morgan fingerprint density at radius 3 is 2.42 bits per heavy atom. The van der Waals surface area contributed by atoms with Crippen molar-refractivity contribution in [2.24, 2.45) is 5.10 Å². The molecule has 2 aromatic carbocycles. The second-order valence-corrected chi connectivity index (χ2v) is 5.05. The highest BCUT2D eigenvalue weighted by atomic mass is 16.5. The number of hydrogen-bond acceptors (Lipinski definition) is 8. The van der Waals surface area contributed by atoms with Gasteiger partial charge in [0.2, 0.25) is 5.75 Å². The van der Waals surface area contributed by atoms with E-state index in [0.29, 0.717) is 28.8 Å². The average molecular weight is 354 g/mol. The van der Waals surface area contributed by atoms with Crippen molar-refractivity contribution in [3.8, 4) is 17.2 Å². The van der Waals surface area contributed by atoms with Crippen molar-refractivity contribution in [3.63, 3.8) is 0 Å². The fraction of sp³-hybridized carbons (Fsp3) is 0.176. The number of nitrogens with zero attached hydrogens (tertiary/aromatic N) is 5. The number of benzene rings is 2. The van der Waals surface area contributed by atoms with E-state index in [1.807, 2.05) is 30.3 Å². The second kappa shape index (κ2) is 7.97. The van der Waals surface area contributed by atoms with Crippen LogP contribution >= 0.6 is 0 Å². The van der Waals surface area contributed by atoms with Gasteiger partial charge in [-0.15, -0.1) is 0 Å². The van der Waals surface area contributed by atoms with Crippen LogP contribution in [0.15, 0.2) is 47.6 Å². The Morgan fingerprint density at radius 1 is 0.962 bits per heavy atom. The molecular formula is C17H18N6O3. The van der Waals surface area contributed by atoms with E-state index in [1.165, 1.54) is 4.79 Å². The molecule has 0 aliphatic heterocycles. The summed E-state index contributed by atoms with van der Waals surface area (Å²) in [7, 11) is 4.66. The van der Waals surface area contributed by atoms with Crippen molar-refractivity contribution in [2.45, 2.75) is 0 Å². The Kier molecular flexibility index (Phi) is 5.28. The van der Waals surface area contributed by atoms with Gasteiger partial charge >= 0.3 is 0 Å². The molecule has 0 radical (unpaired) electrons. The van der Waals surface area contributed by atoms with E-state index >= 15 is 0 Å². The number of para-hydroxylation sites is 1. The summed E-state index contributed by atoms with van der Waals surface area (Å²) >= 11 is 0. The molecule has 0 saturated heterocycles. The SMILES string of the molecule is COc1ccc(C=Nn2nnnc2Nc2ccccc2)c(OC)c1OC. The molecule has 9 nitrogen and oxygen atoms in total. The van der Waals surface area contributed by atoms with Crippen molar-refractivity contribution < 1.29 is 14.2 Å². The van der Waals surface area contributed by atoms with Gasteiger partial charge in [-0.2, -0.15) is 5.10 Å². The van der Waals surface area contributed by atoms with Gasteiger partial charge in [0.25, 0.3) is 5.95 Å². The van der Waals surface area contributed by atoms with Crippen LogP contribution in [-0.4, -0.2) is 47.9 Å². The molecule has 134 valence electrons. The van der Waals surface area contributed by atoms with Crippen LogP contribution < -0.4 is 19.5 Å². The maximum atomic E-state index is 5.43. The van der Waals surface area contributed by atoms with Crippen LogP contribution in [-0.2, 0) is 0 Å². The molecule has 0 unspecified atom stereocenters. The number of methoxy groups -OCH3 is 3. The molecule has 1 aromatic heterocycles. The molecule has 0 spiro atoms. The van der Waals surface area contributed by atoms with Crippen LogP contribution in [0.4, 0.5) is 11.6 Å². The minimum absolute atomic E-state index is 0.381. The summed E-state index contributed by atoms with van der Waals surface area (Å²) in [6, 6.07) is 13.1. The highest BCUT2D eigenvalue weighted by Gasteiger charge is 2.15. The Balaban J connectivity index is 1.88. The number of rotatable bonds is 7. The van der Waals surface area contributed by atoms with Crippen molar-refractivity contribution in [1.29, 1.82) is 0 Å². The molecule has 0 aliphatic carbocycles. The predicted octanol–water partition coefficient (Wildman–Crippen LogP) is 2.32. The third-order valence-electron chi connectivity index (χ3n) is 3.52. The van der Waals surface area contributed by atoms with Crippen LogP contribution in [0.25, 0.3) is 0 Å². The summed E-state index contributed by atoms with van der Waals surface area (Å²) in [5, 5.41) is 18.8. The maximum Gasteiger partial charge on any atom is 0.269 e. The normalized spacial score (nSPS) is 10.7. The molecule has 0 atom stereocenters. The standard InChI is InChI=1S/C17H18N6O3/c1-24-14-10-9-12(15(25-2)16(14)26-3)11-18-23-17(20-21-22-23)19-13-7-5-4-6-8-13/h4-11H,1-3H3,(H,19,20,22). The fourth-order valence-corrected chi connectivity index (χ4v) is 2.33. The van der Waals surface area contributed by atoms with E-state index in [1.54, 1.807) is 39.7 Å². The molecule has 3 aromatic rings. The first-order valence-electron chi connectivity index (χ1n) is 7.70. The summed E-state index contributed by atoms with van der Waals surface area (Å²) in [5.74, 6) is 1.93. The molecule has 1 heterocycles. The molecule has 26 heavy (non-hydrogen) atoms. The van der Waals surface area contributed by atoms with Crippen LogP contribution in [0.1, 0.15) is 5.56 Å². The summed E-state index contributed by atoms with van der Waals surface area (Å²) < 4.78 is 16.1. The van der Waals surface area contributed by atoms with Gasteiger partial charge in [-0.1, -0.05) is 28.1 Å². The lowest BCUT2D eigenvalue weighted by atomic mass is 10.2. The Bertz CT molecular complexity index is 895. The van der Waals surface area contributed by atoms with Gasteiger partial charge < -0.3 is 19.5 Å². The lowest BCUT2D eigenvalue weighted by molar-refractivity contribution is 0.324. The smallest absolute Gasteiger partial charge is 0.269 e. The molecule has 0 aliphatic rings. The van der Waals surface area contributed by atoms with E-state index in [0.717, 1.165) is 5.69 Å². The summed E-state index contributed by atoms with van der Waals surface area (Å²) in [6.07, 6.45) is 1.58. The number of aromatic nitrogens is 4. The van der Waals surface area contributed by atoms with E-state index < -0.39 is 0 Å². The maximum absolute atomic E-state index is 5.43. The first kappa shape index (κ1) is 17.2. The fourth-order valence-electron chi connectivity index (χ4n) is 2.33. The van der Waals surface area contributed by atoms with Gasteiger partial charge in [0, 0.05) is 11.3 Å². The van der Waals surface area contributed by atoms with Crippen molar-refractivity contribution in [1.82, 2.24) is 20.3 Å². The minimum atomic E-state index is 0.381. The van der Waals surface area contributed by atoms with Crippen LogP contribution in [0.3, 0.4) is 0 Å². The Hall–Kier alpha value is -3.62. The van der Waals surface area contributed by atoms with Gasteiger partial charge in [-0.25, -0.2) is 0 Å². The molecule has 1 N–H and O–H groups in total. The van der Waals surface area contributed by atoms with Gasteiger partial charge in [-0.05, 0) is 34.7 Å².